The van der Waals surface area contributed by atoms with Crippen LogP contribution in [0.2, 0.25) is 0 Å². The molecule has 1 aliphatic rings. The molecule has 0 bridgehead atoms. The summed E-state index contributed by atoms with van der Waals surface area (Å²) in [6, 6.07) is 19.2. The Morgan fingerprint density at radius 2 is 1.83 bits per heavy atom. The van der Waals surface area contributed by atoms with E-state index in [0.717, 1.165) is 22.0 Å². The third-order valence-corrected chi connectivity index (χ3v) is 3.98. The zero-order chi connectivity index (χ0) is 15.8. The lowest BCUT2D eigenvalue weighted by Gasteiger charge is -2.05. The molecule has 2 aromatic carbocycles. The fourth-order valence-electron chi connectivity index (χ4n) is 2.78. The smallest absolute Gasteiger partial charge is 0.285 e. The van der Waals surface area contributed by atoms with E-state index in [4.69, 9.17) is 5.73 Å². The number of hydrogen-bond donors (Lipinski definition) is 2. The number of hydrazone groups is 1. The Morgan fingerprint density at radius 3 is 2.70 bits per heavy atom. The van der Waals surface area contributed by atoms with Gasteiger partial charge >= 0.3 is 5.91 Å². The van der Waals surface area contributed by atoms with Crippen LogP contribution in [0.15, 0.2) is 60.7 Å². The molecule has 23 heavy (non-hydrogen) atoms. The number of fused-ring (bicyclic) bond motifs is 2. The molecule has 0 radical (unpaired) electrons. The number of amidine groups is 1. The second-order valence-electron chi connectivity index (χ2n) is 5.46. The monoisotopic (exact) mass is 303 g/mol. The third-order valence-electron chi connectivity index (χ3n) is 3.98. The molecule has 0 atom stereocenters. The maximum atomic E-state index is 12.5. The molecule has 0 fully saturated rings. The van der Waals surface area contributed by atoms with Gasteiger partial charge < -0.3 is 0 Å². The molecule has 3 aromatic rings. The Kier molecular flexibility index (Phi) is 3.05. The van der Waals surface area contributed by atoms with Gasteiger partial charge in [0.2, 0.25) is 0 Å². The average molecular weight is 303 g/mol. The van der Waals surface area contributed by atoms with E-state index in [9.17, 15) is 4.79 Å². The van der Waals surface area contributed by atoms with Gasteiger partial charge in [0.25, 0.3) is 5.84 Å². The number of rotatable bonds is 2. The predicted molar refractivity (Wildman–Crippen MR) is 87.9 cm³/mol. The van der Waals surface area contributed by atoms with Gasteiger partial charge in [-0.3, -0.25) is 10.5 Å². The van der Waals surface area contributed by atoms with E-state index in [1.54, 1.807) is 10.8 Å². The Labute approximate surface area is 133 Å². The first-order valence-electron chi connectivity index (χ1n) is 7.37. The second kappa shape index (κ2) is 5.21. The zero-order valence-electron chi connectivity index (χ0n) is 12.4. The summed E-state index contributed by atoms with van der Waals surface area (Å²) in [4.78, 5) is 16.9. The molecule has 4 rings (SSSR count). The van der Waals surface area contributed by atoms with Crippen molar-refractivity contribution in [2.45, 2.75) is 6.54 Å². The molecule has 0 saturated heterocycles. The Morgan fingerprint density at radius 1 is 1.04 bits per heavy atom. The standard InChI is InChI=1S/C18H14N4O/c19-17-14-7-3-1-6-13(14)11-22(17)21-18(23)16-10-9-12-5-2-4-8-15(12)20-16/h1-10,19H,11H2,(H,21,23)/p+1. The summed E-state index contributed by atoms with van der Waals surface area (Å²) in [6.07, 6.45) is 0. The molecule has 5 heteroatoms. The minimum absolute atomic E-state index is 0.272. The highest BCUT2D eigenvalue weighted by Crippen LogP contribution is 2.16. The van der Waals surface area contributed by atoms with Gasteiger partial charge in [0.1, 0.15) is 12.2 Å². The number of hydrazine groups is 1. The number of nitrogens with one attached hydrogen (secondary N) is 1. The van der Waals surface area contributed by atoms with Crippen molar-refractivity contribution in [2.24, 2.45) is 5.73 Å². The molecule has 1 amide bonds. The highest BCUT2D eigenvalue weighted by atomic mass is 16.2. The van der Waals surface area contributed by atoms with Gasteiger partial charge in [-0.2, -0.15) is 10.1 Å². The first-order chi connectivity index (χ1) is 11.2. The van der Waals surface area contributed by atoms with Crippen molar-refractivity contribution >= 4 is 22.6 Å². The van der Waals surface area contributed by atoms with Crippen LogP contribution in [-0.2, 0) is 6.54 Å². The second-order valence-corrected chi connectivity index (χ2v) is 5.46. The van der Waals surface area contributed by atoms with E-state index in [2.05, 4.69) is 10.4 Å². The maximum absolute atomic E-state index is 12.5. The molecule has 3 N–H and O–H groups in total. The summed E-state index contributed by atoms with van der Waals surface area (Å²) in [5, 5.41) is 1.00. The molecule has 0 unspecified atom stereocenters. The Bertz CT molecular complexity index is 962. The van der Waals surface area contributed by atoms with Gasteiger partial charge in [-0.1, -0.05) is 42.5 Å². The van der Waals surface area contributed by atoms with Crippen molar-refractivity contribution in [1.82, 2.24) is 10.4 Å². The molecule has 0 saturated carbocycles. The van der Waals surface area contributed by atoms with Gasteiger partial charge in [-0.25, -0.2) is 4.98 Å². The van der Waals surface area contributed by atoms with Crippen molar-refractivity contribution in [1.29, 1.82) is 0 Å². The normalized spacial score (nSPS) is 13.2. The van der Waals surface area contributed by atoms with Crippen LogP contribution in [0.1, 0.15) is 21.6 Å². The van der Waals surface area contributed by atoms with Crippen LogP contribution in [0.25, 0.3) is 10.9 Å². The topological polar surface area (TPSA) is 71.0 Å². The summed E-state index contributed by atoms with van der Waals surface area (Å²) >= 11 is 0. The molecule has 1 aromatic heterocycles. The van der Waals surface area contributed by atoms with Crippen LogP contribution in [0.3, 0.4) is 0 Å². The van der Waals surface area contributed by atoms with Crippen molar-refractivity contribution in [3.8, 4) is 0 Å². The number of amides is 1. The largest absolute Gasteiger partial charge is 0.304 e. The van der Waals surface area contributed by atoms with Crippen LogP contribution in [0.5, 0.6) is 0 Å². The van der Waals surface area contributed by atoms with E-state index in [0.29, 0.717) is 18.1 Å². The van der Waals surface area contributed by atoms with Crippen LogP contribution in [-0.4, -0.2) is 21.4 Å². The van der Waals surface area contributed by atoms with Crippen molar-refractivity contribution in [3.63, 3.8) is 0 Å². The number of pyridine rings is 1. The summed E-state index contributed by atoms with van der Waals surface area (Å²) < 4.78 is 1.66. The summed E-state index contributed by atoms with van der Waals surface area (Å²) in [7, 11) is 0. The van der Waals surface area contributed by atoms with Crippen LogP contribution >= 0.6 is 0 Å². The van der Waals surface area contributed by atoms with Crippen LogP contribution in [0, 0.1) is 0 Å². The first-order valence-corrected chi connectivity index (χ1v) is 7.37. The summed E-state index contributed by atoms with van der Waals surface area (Å²) in [5.41, 5.74) is 12.2. The van der Waals surface area contributed by atoms with E-state index in [-0.39, 0.29) is 5.91 Å². The highest BCUT2D eigenvalue weighted by molar-refractivity contribution is 5.98. The number of benzene rings is 2. The van der Waals surface area contributed by atoms with Crippen molar-refractivity contribution in [3.05, 3.63) is 77.5 Å². The molecule has 0 spiro atoms. The lowest BCUT2D eigenvalue weighted by Crippen LogP contribution is -2.38. The minimum Gasteiger partial charge on any atom is -0.285 e. The number of para-hydroxylation sites is 1. The summed E-state index contributed by atoms with van der Waals surface area (Å²) in [6.45, 7) is 0.557. The Balaban J connectivity index is 1.62. The number of carbonyl (C=O) groups is 1. The van der Waals surface area contributed by atoms with Crippen LogP contribution in [0.4, 0.5) is 0 Å². The molecule has 2 heterocycles. The lowest BCUT2D eigenvalue weighted by molar-refractivity contribution is -0.584. The van der Waals surface area contributed by atoms with E-state index >= 15 is 0 Å². The number of nitrogens with two attached hydrogens (primary N) is 1. The maximum Gasteiger partial charge on any atom is 0.304 e. The van der Waals surface area contributed by atoms with Gasteiger partial charge in [0.15, 0.2) is 0 Å². The van der Waals surface area contributed by atoms with Crippen LogP contribution < -0.4 is 11.2 Å². The SMILES string of the molecule is NC1=[N+](NC(=O)c2ccc3ccccc3n2)Cc2ccccc21. The molecule has 112 valence electrons. The molecule has 0 aliphatic carbocycles. The van der Waals surface area contributed by atoms with Crippen molar-refractivity contribution < 1.29 is 9.48 Å². The van der Waals surface area contributed by atoms with Crippen molar-refractivity contribution in [2.75, 3.05) is 0 Å². The first kappa shape index (κ1) is 13.5. The lowest BCUT2D eigenvalue weighted by atomic mass is 10.1. The number of carbonyl (C=O) groups excluding carboxylic acids is 1. The number of hydrogen-bond acceptors (Lipinski definition) is 3. The zero-order valence-corrected chi connectivity index (χ0v) is 12.4. The fraction of sp³-hybridized carbons (Fsp3) is 0.0556. The molecule has 5 nitrogen and oxygen atoms in total. The third kappa shape index (κ3) is 2.32. The number of aromatic nitrogens is 1. The predicted octanol–water partition coefficient (Wildman–Crippen LogP) is 1.81. The minimum atomic E-state index is -0.272. The van der Waals surface area contributed by atoms with Gasteiger partial charge in [-0.15, -0.1) is 0 Å². The van der Waals surface area contributed by atoms with Gasteiger partial charge in [0.05, 0.1) is 11.1 Å². The molecular formula is C18H15N4O+. The Hall–Kier alpha value is -3.21. The quantitative estimate of drug-likeness (QED) is 0.709. The van der Waals surface area contributed by atoms with Gasteiger partial charge in [-0.05, 0) is 18.2 Å². The van der Waals surface area contributed by atoms with E-state index < -0.39 is 0 Å². The van der Waals surface area contributed by atoms with E-state index in [1.165, 1.54) is 0 Å². The van der Waals surface area contributed by atoms with E-state index in [1.807, 2.05) is 54.6 Å². The number of nitrogens with zero attached hydrogens (tertiary/aromatic N) is 2. The fourth-order valence-corrected chi connectivity index (χ4v) is 2.78. The average Bonchev–Trinajstić information content (AvgIpc) is 2.91. The molecular weight excluding hydrogens is 288 g/mol. The van der Waals surface area contributed by atoms with Gasteiger partial charge in [0, 0.05) is 10.9 Å². The summed E-state index contributed by atoms with van der Waals surface area (Å²) in [5.74, 6) is 0.279. The molecule has 1 aliphatic heterocycles. The highest BCUT2D eigenvalue weighted by Gasteiger charge is 2.26.